The number of methoxy groups -OCH3 is 2. The zero-order valence-electron chi connectivity index (χ0n) is 18.0. The Morgan fingerprint density at radius 1 is 1.10 bits per heavy atom. The van der Waals surface area contributed by atoms with Crippen molar-refractivity contribution in [3.8, 4) is 28.3 Å². The van der Waals surface area contributed by atoms with Gasteiger partial charge in [0.2, 0.25) is 0 Å². The molecule has 0 aliphatic carbocycles. The fourth-order valence-corrected chi connectivity index (χ4v) is 3.49. The fraction of sp³-hybridized carbons (Fsp3) is 0.261. The standard InChI is InChI=1S/C23H25N3O5/c1-24(2)12-13-25-21(16-8-7-9-17(14-16)30-3)15-19(23(27)31-4)22(25)18-10-5-6-11-20(18)26(28)29/h5-11,14-15H,12-13H2,1-4H3. The molecular formula is C23H25N3O5. The van der Waals surface area contributed by atoms with Gasteiger partial charge in [-0.3, -0.25) is 10.1 Å². The number of carbonyl (C=O) groups is 1. The summed E-state index contributed by atoms with van der Waals surface area (Å²) in [6, 6.07) is 15.6. The van der Waals surface area contributed by atoms with E-state index in [9.17, 15) is 14.9 Å². The van der Waals surface area contributed by atoms with Crippen molar-refractivity contribution in [2.75, 3.05) is 34.9 Å². The van der Waals surface area contributed by atoms with Gasteiger partial charge >= 0.3 is 5.97 Å². The molecule has 0 unspecified atom stereocenters. The molecule has 2 aromatic carbocycles. The number of hydrogen-bond acceptors (Lipinski definition) is 6. The van der Waals surface area contributed by atoms with Crippen LogP contribution in [0, 0.1) is 10.1 Å². The maximum atomic E-state index is 12.7. The zero-order valence-corrected chi connectivity index (χ0v) is 18.0. The van der Waals surface area contributed by atoms with Crippen LogP contribution in [-0.2, 0) is 11.3 Å². The number of aromatic nitrogens is 1. The summed E-state index contributed by atoms with van der Waals surface area (Å²) in [5, 5.41) is 11.7. The molecule has 0 bridgehead atoms. The third kappa shape index (κ3) is 4.59. The molecule has 31 heavy (non-hydrogen) atoms. The topological polar surface area (TPSA) is 86.8 Å². The van der Waals surface area contributed by atoms with Crippen molar-refractivity contribution < 1.29 is 19.2 Å². The van der Waals surface area contributed by atoms with Crippen molar-refractivity contribution >= 4 is 11.7 Å². The predicted octanol–water partition coefficient (Wildman–Crippen LogP) is 4.09. The molecule has 8 nitrogen and oxygen atoms in total. The highest BCUT2D eigenvalue weighted by atomic mass is 16.6. The highest BCUT2D eigenvalue weighted by Gasteiger charge is 2.27. The van der Waals surface area contributed by atoms with Gasteiger partial charge in [-0.05, 0) is 38.4 Å². The molecule has 0 aliphatic heterocycles. The molecular weight excluding hydrogens is 398 g/mol. The first-order chi connectivity index (χ1) is 14.9. The molecule has 0 fully saturated rings. The number of carbonyl (C=O) groups excluding carboxylic acids is 1. The SMILES string of the molecule is COC(=O)c1cc(-c2cccc(OC)c2)n(CCN(C)C)c1-c1ccccc1[N+](=O)[O-]. The van der Waals surface area contributed by atoms with Gasteiger partial charge < -0.3 is 18.9 Å². The van der Waals surface area contributed by atoms with Crippen molar-refractivity contribution in [3.63, 3.8) is 0 Å². The van der Waals surface area contributed by atoms with Gasteiger partial charge in [0.25, 0.3) is 5.69 Å². The lowest BCUT2D eigenvalue weighted by Gasteiger charge is -2.17. The maximum Gasteiger partial charge on any atom is 0.340 e. The molecule has 1 heterocycles. The monoisotopic (exact) mass is 423 g/mol. The lowest BCUT2D eigenvalue weighted by molar-refractivity contribution is -0.384. The summed E-state index contributed by atoms with van der Waals surface area (Å²) in [6.45, 7) is 1.18. The third-order valence-corrected chi connectivity index (χ3v) is 4.99. The van der Waals surface area contributed by atoms with Gasteiger partial charge in [0.15, 0.2) is 0 Å². The zero-order chi connectivity index (χ0) is 22.5. The van der Waals surface area contributed by atoms with Crippen molar-refractivity contribution in [2.24, 2.45) is 0 Å². The molecule has 162 valence electrons. The molecule has 0 saturated carbocycles. The summed E-state index contributed by atoms with van der Waals surface area (Å²) in [4.78, 5) is 26.0. The van der Waals surface area contributed by atoms with Gasteiger partial charge in [-0.2, -0.15) is 0 Å². The van der Waals surface area contributed by atoms with Gasteiger partial charge in [-0.15, -0.1) is 0 Å². The van der Waals surface area contributed by atoms with Crippen molar-refractivity contribution in [1.82, 2.24) is 9.47 Å². The van der Waals surface area contributed by atoms with Crippen LogP contribution in [0.3, 0.4) is 0 Å². The number of nitro benzene ring substituents is 1. The molecule has 0 amide bonds. The number of nitrogens with zero attached hydrogens (tertiary/aromatic N) is 3. The smallest absolute Gasteiger partial charge is 0.340 e. The fourth-order valence-electron chi connectivity index (χ4n) is 3.49. The van der Waals surface area contributed by atoms with Gasteiger partial charge in [0.1, 0.15) is 5.75 Å². The molecule has 3 rings (SSSR count). The summed E-state index contributed by atoms with van der Waals surface area (Å²) in [5.74, 6) is 0.116. The third-order valence-electron chi connectivity index (χ3n) is 4.99. The Morgan fingerprint density at radius 2 is 1.84 bits per heavy atom. The minimum atomic E-state index is -0.555. The van der Waals surface area contributed by atoms with Crippen molar-refractivity contribution in [2.45, 2.75) is 6.54 Å². The number of hydrogen-bond donors (Lipinski definition) is 0. The van der Waals surface area contributed by atoms with Crippen LogP contribution in [0.2, 0.25) is 0 Å². The van der Waals surface area contributed by atoms with E-state index in [-0.39, 0.29) is 11.3 Å². The molecule has 0 saturated heterocycles. The Balaban J connectivity index is 2.35. The van der Waals surface area contributed by atoms with Crippen molar-refractivity contribution in [1.29, 1.82) is 0 Å². The van der Waals surface area contributed by atoms with Crippen LogP contribution in [0.5, 0.6) is 5.75 Å². The Kier molecular flexibility index (Phi) is 6.71. The number of esters is 1. The molecule has 0 atom stereocenters. The maximum absolute atomic E-state index is 12.7. The molecule has 8 heteroatoms. The van der Waals surface area contributed by atoms with E-state index in [0.717, 1.165) is 11.3 Å². The summed E-state index contributed by atoms with van der Waals surface area (Å²) in [7, 11) is 6.78. The van der Waals surface area contributed by atoms with E-state index >= 15 is 0 Å². The number of ether oxygens (including phenoxy) is 2. The molecule has 0 radical (unpaired) electrons. The van der Waals surface area contributed by atoms with E-state index in [0.29, 0.717) is 30.1 Å². The summed E-state index contributed by atoms with van der Waals surface area (Å²) >= 11 is 0. The van der Waals surface area contributed by atoms with Gasteiger partial charge in [0, 0.05) is 30.4 Å². The van der Waals surface area contributed by atoms with E-state index in [4.69, 9.17) is 9.47 Å². The normalized spacial score (nSPS) is 10.9. The molecule has 0 N–H and O–H groups in total. The number of para-hydroxylation sites is 1. The molecule has 3 aromatic rings. The Morgan fingerprint density at radius 3 is 2.48 bits per heavy atom. The number of rotatable bonds is 8. The second-order valence-electron chi connectivity index (χ2n) is 7.24. The minimum absolute atomic E-state index is 0.0750. The first-order valence-electron chi connectivity index (χ1n) is 9.72. The van der Waals surface area contributed by atoms with Crippen LogP contribution >= 0.6 is 0 Å². The van der Waals surface area contributed by atoms with Crippen LogP contribution in [0.1, 0.15) is 10.4 Å². The summed E-state index contributed by atoms with van der Waals surface area (Å²) < 4.78 is 12.3. The first kappa shape index (κ1) is 22.0. The summed E-state index contributed by atoms with van der Waals surface area (Å²) in [6.07, 6.45) is 0. The van der Waals surface area contributed by atoms with E-state index in [1.807, 2.05) is 47.8 Å². The number of likely N-dealkylation sites (N-methyl/N-ethyl adjacent to an activating group) is 1. The van der Waals surface area contributed by atoms with E-state index < -0.39 is 10.9 Å². The first-order valence-corrected chi connectivity index (χ1v) is 9.72. The molecule has 0 aliphatic rings. The summed E-state index contributed by atoms with van der Waals surface area (Å²) in [5.41, 5.74) is 2.59. The number of nitro groups is 1. The van der Waals surface area contributed by atoms with Crippen LogP contribution in [0.4, 0.5) is 5.69 Å². The van der Waals surface area contributed by atoms with Gasteiger partial charge in [-0.1, -0.05) is 24.3 Å². The van der Waals surface area contributed by atoms with E-state index in [1.165, 1.54) is 13.2 Å². The number of benzene rings is 2. The second kappa shape index (κ2) is 9.44. The lowest BCUT2D eigenvalue weighted by atomic mass is 10.1. The molecule has 1 aromatic heterocycles. The Hall–Kier alpha value is -3.65. The average molecular weight is 423 g/mol. The van der Waals surface area contributed by atoms with E-state index in [2.05, 4.69) is 0 Å². The van der Waals surface area contributed by atoms with Crippen LogP contribution in [-0.4, -0.2) is 55.2 Å². The van der Waals surface area contributed by atoms with E-state index in [1.54, 1.807) is 31.4 Å². The second-order valence-corrected chi connectivity index (χ2v) is 7.24. The van der Waals surface area contributed by atoms with Gasteiger partial charge in [-0.25, -0.2) is 4.79 Å². The Labute approximate surface area is 180 Å². The van der Waals surface area contributed by atoms with Crippen LogP contribution < -0.4 is 4.74 Å². The highest BCUT2D eigenvalue weighted by molar-refractivity contribution is 6.00. The quantitative estimate of drug-likeness (QED) is 0.308. The van der Waals surface area contributed by atoms with Crippen molar-refractivity contribution in [3.05, 3.63) is 70.3 Å². The minimum Gasteiger partial charge on any atom is -0.497 e. The van der Waals surface area contributed by atoms with Gasteiger partial charge in [0.05, 0.1) is 36.0 Å². The lowest BCUT2D eigenvalue weighted by Crippen LogP contribution is -2.19. The largest absolute Gasteiger partial charge is 0.497 e. The average Bonchev–Trinajstić information content (AvgIpc) is 3.16. The Bertz CT molecular complexity index is 1100. The van der Waals surface area contributed by atoms with Crippen LogP contribution in [0.25, 0.3) is 22.5 Å². The predicted molar refractivity (Wildman–Crippen MR) is 118 cm³/mol. The molecule has 0 spiro atoms. The van der Waals surface area contributed by atoms with Crippen LogP contribution in [0.15, 0.2) is 54.6 Å². The highest BCUT2D eigenvalue weighted by Crippen LogP contribution is 2.38.